The first kappa shape index (κ1) is 15.0. The maximum absolute atomic E-state index is 6.10. The molecule has 0 aliphatic carbocycles. The van der Waals surface area contributed by atoms with Crippen molar-refractivity contribution in [3.05, 3.63) is 58.1 Å². The molecule has 0 bridgehead atoms. The van der Waals surface area contributed by atoms with Gasteiger partial charge in [0.15, 0.2) is 0 Å². The smallest absolute Gasteiger partial charge is 0.122 e. The Morgan fingerprint density at radius 3 is 2.65 bits per heavy atom. The minimum absolute atomic E-state index is 0.0196. The van der Waals surface area contributed by atoms with Gasteiger partial charge in [-0.15, -0.1) is 0 Å². The van der Waals surface area contributed by atoms with Crippen molar-refractivity contribution in [1.29, 1.82) is 0 Å². The van der Waals surface area contributed by atoms with Crippen LogP contribution in [0.25, 0.3) is 0 Å². The van der Waals surface area contributed by atoms with Gasteiger partial charge in [-0.05, 0) is 43.7 Å². The van der Waals surface area contributed by atoms with E-state index in [0.717, 1.165) is 17.0 Å². The number of halogens is 2. The number of nitrogens with one attached hydrogen (secondary N) is 1. The lowest BCUT2D eigenvalue weighted by atomic mass is 10.2. The van der Waals surface area contributed by atoms with Crippen molar-refractivity contribution in [1.82, 2.24) is 0 Å². The fourth-order valence-corrected chi connectivity index (χ4v) is 2.19. The maximum atomic E-state index is 6.10. The Morgan fingerprint density at radius 2 is 1.90 bits per heavy atom. The summed E-state index contributed by atoms with van der Waals surface area (Å²) < 4.78 is 5.90. The maximum Gasteiger partial charge on any atom is 0.122 e. The third-order valence-electron chi connectivity index (χ3n) is 2.93. The van der Waals surface area contributed by atoms with Crippen molar-refractivity contribution in [3.63, 3.8) is 0 Å². The molecule has 2 rings (SSSR count). The molecule has 0 spiro atoms. The van der Waals surface area contributed by atoms with Crippen molar-refractivity contribution >= 4 is 28.9 Å². The molecule has 1 unspecified atom stereocenters. The Balaban J connectivity index is 1.94. The van der Waals surface area contributed by atoms with Gasteiger partial charge in [0.05, 0.1) is 17.3 Å². The largest absolute Gasteiger partial charge is 0.489 e. The molecule has 0 saturated heterocycles. The zero-order valence-corrected chi connectivity index (χ0v) is 13.0. The summed E-state index contributed by atoms with van der Waals surface area (Å²) in [6, 6.07) is 13.3. The zero-order valence-electron chi connectivity index (χ0n) is 11.5. The summed E-state index contributed by atoms with van der Waals surface area (Å²) in [5.74, 6) is 0.902. The van der Waals surface area contributed by atoms with E-state index in [1.54, 1.807) is 12.1 Å². The lowest BCUT2D eigenvalue weighted by molar-refractivity contribution is 0.233. The fourth-order valence-electron chi connectivity index (χ4n) is 1.83. The van der Waals surface area contributed by atoms with E-state index in [9.17, 15) is 0 Å². The van der Waals surface area contributed by atoms with E-state index in [-0.39, 0.29) is 6.10 Å². The van der Waals surface area contributed by atoms with Crippen LogP contribution in [0.3, 0.4) is 0 Å². The molecule has 0 saturated carbocycles. The van der Waals surface area contributed by atoms with Gasteiger partial charge < -0.3 is 10.1 Å². The van der Waals surface area contributed by atoms with Crippen molar-refractivity contribution in [2.45, 2.75) is 20.0 Å². The molecule has 1 atom stereocenters. The van der Waals surface area contributed by atoms with E-state index < -0.39 is 0 Å². The van der Waals surface area contributed by atoms with E-state index in [4.69, 9.17) is 27.9 Å². The molecule has 0 radical (unpaired) electrons. The van der Waals surface area contributed by atoms with Gasteiger partial charge in [-0.2, -0.15) is 0 Å². The minimum atomic E-state index is 0.0196. The highest BCUT2D eigenvalue weighted by Gasteiger charge is 2.07. The van der Waals surface area contributed by atoms with Gasteiger partial charge in [0, 0.05) is 5.02 Å². The molecule has 106 valence electrons. The molecule has 0 aliphatic heterocycles. The van der Waals surface area contributed by atoms with Crippen LogP contribution < -0.4 is 10.1 Å². The second-order valence-electron chi connectivity index (χ2n) is 4.70. The predicted molar refractivity (Wildman–Crippen MR) is 86.2 cm³/mol. The highest BCUT2D eigenvalue weighted by atomic mass is 35.5. The van der Waals surface area contributed by atoms with Crippen LogP contribution in [-0.4, -0.2) is 12.6 Å². The summed E-state index contributed by atoms with van der Waals surface area (Å²) in [7, 11) is 0. The molecule has 0 fully saturated rings. The first-order valence-corrected chi connectivity index (χ1v) is 7.23. The molecule has 2 aromatic rings. The number of hydrogen-bond acceptors (Lipinski definition) is 2. The van der Waals surface area contributed by atoms with E-state index >= 15 is 0 Å². The van der Waals surface area contributed by atoms with Crippen LogP contribution in [0.15, 0.2) is 42.5 Å². The average molecular weight is 310 g/mol. The highest BCUT2D eigenvalue weighted by Crippen LogP contribution is 2.25. The minimum Gasteiger partial charge on any atom is -0.489 e. The molecule has 20 heavy (non-hydrogen) atoms. The molecule has 2 aromatic carbocycles. The summed E-state index contributed by atoms with van der Waals surface area (Å²) in [6.45, 7) is 4.69. The number of hydrogen-bond donors (Lipinski definition) is 1. The number of aryl methyl sites for hydroxylation is 1. The predicted octanol–water partition coefficient (Wildman–Crippen LogP) is 5.18. The summed E-state index contributed by atoms with van der Waals surface area (Å²) in [4.78, 5) is 0. The lowest BCUT2D eigenvalue weighted by Crippen LogP contribution is -2.23. The molecule has 0 aromatic heterocycles. The second-order valence-corrected chi connectivity index (χ2v) is 5.54. The summed E-state index contributed by atoms with van der Waals surface area (Å²) in [6.07, 6.45) is 0.0196. The average Bonchev–Trinajstić information content (AvgIpc) is 2.42. The monoisotopic (exact) mass is 309 g/mol. The zero-order chi connectivity index (χ0) is 14.5. The normalized spacial score (nSPS) is 12.0. The molecule has 0 amide bonds. The molecule has 0 heterocycles. The van der Waals surface area contributed by atoms with Gasteiger partial charge in [-0.25, -0.2) is 0 Å². The highest BCUT2D eigenvalue weighted by molar-refractivity contribution is 6.35. The Morgan fingerprint density at radius 1 is 1.15 bits per heavy atom. The van der Waals surface area contributed by atoms with Gasteiger partial charge >= 0.3 is 0 Å². The molecular weight excluding hydrogens is 293 g/mol. The van der Waals surface area contributed by atoms with Crippen molar-refractivity contribution in [2.24, 2.45) is 0 Å². The van der Waals surface area contributed by atoms with Gasteiger partial charge in [0.1, 0.15) is 11.9 Å². The van der Waals surface area contributed by atoms with Crippen molar-refractivity contribution < 1.29 is 4.74 Å². The Hall–Kier alpha value is -1.38. The van der Waals surface area contributed by atoms with Gasteiger partial charge in [-0.1, -0.05) is 41.4 Å². The van der Waals surface area contributed by atoms with Crippen LogP contribution >= 0.6 is 23.2 Å². The second kappa shape index (κ2) is 6.87. The first-order chi connectivity index (χ1) is 9.56. The molecule has 2 nitrogen and oxygen atoms in total. The van der Waals surface area contributed by atoms with Crippen LogP contribution in [0, 0.1) is 6.92 Å². The quantitative estimate of drug-likeness (QED) is 0.821. The van der Waals surface area contributed by atoms with Crippen molar-refractivity contribution in [2.75, 3.05) is 11.9 Å². The topological polar surface area (TPSA) is 21.3 Å². The van der Waals surface area contributed by atoms with Crippen LogP contribution in [0.1, 0.15) is 12.5 Å². The lowest BCUT2D eigenvalue weighted by Gasteiger charge is -2.18. The number of anilines is 1. The standard InChI is InChI=1S/C16H17Cl2NO/c1-11-5-3-4-6-16(11)20-12(2)10-19-15-9-13(17)7-8-14(15)18/h3-9,12,19H,10H2,1-2H3. The first-order valence-electron chi connectivity index (χ1n) is 6.47. The molecule has 0 aliphatic rings. The number of benzene rings is 2. The molecule has 1 N–H and O–H groups in total. The van der Waals surface area contributed by atoms with E-state index in [1.807, 2.05) is 44.2 Å². The van der Waals surface area contributed by atoms with Gasteiger partial charge in [0.25, 0.3) is 0 Å². The Kier molecular flexibility index (Phi) is 5.16. The van der Waals surface area contributed by atoms with E-state index in [2.05, 4.69) is 5.32 Å². The van der Waals surface area contributed by atoms with Crippen molar-refractivity contribution in [3.8, 4) is 5.75 Å². The number of ether oxygens (including phenoxy) is 1. The molecule has 4 heteroatoms. The van der Waals surface area contributed by atoms with Crippen LogP contribution in [0.4, 0.5) is 5.69 Å². The number of rotatable bonds is 5. The number of para-hydroxylation sites is 1. The summed E-state index contributed by atoms with van der Waals surface area (Å²) >= 11 is 12.1. The molecular formula is C16H17Cl2NO. The Bertz CT molecular complexity index is 586. The third-order valence-corrected chi connectivity index (χ3v) is 3.49. The van der Waals surface area contributed by atoms with E-state index in [1.165, 1.54) is 0 Å². The van der Waals surface area contributed by atoms with Gasteiger partial charge in [0.2, 0.25) is 0 Å². The summed E-state index contributed by atoms with van der Waals surface area (Å²) in [5.41, 5.74) is 1.94. The van der Waals surface area contributed by atoms with Crippen LogP contribution in [0.5, 0.6) is 5.75 Å². The fraction of sp³-hybridized carbons (Fsp3) is 0.250. The SMILES string of the molecule is Cc1ccccc1OC(C)CNc1cc(Cl)ccc1Cl. The van der Waals surface area contributed by atoms with Gasteiger partial charge in [-0.3, -0.25) is 0 Å². The summed E-state index contributed by atoms with van der Waals surface area (Å²) in [5, 5.41) is 4.56. The van der Waals surface area contributed by atoms with E-state index in [0.29, 0.717) is 16.6 Å². The Labute approximate surface area is 129 Å². The van der Waals surface area contributed by atoms with Crippen LogP contribution in [-0.2, 0) is 0 Å². The van der Waals surface area contributed by atoms with Crippen LogP contribution in [0.2, 0.25) is 10.0 Å². The third kappa shape index (κ3) is 4.06.